The van der Waals surface area contributed by atoms with Gasteiger partial charge in [0.15, 0.2) is 0 Å². The van der Waals surface area contributed by atoms with Gasteiger partial charge in [-0.25, -0.2) is 4.79 Å². The fraction of sp³-hybridized carbons (Fsp3) is 0.167. The zero-order chi connectivity index (χ0) is 11.5. The van der Waals surface area contributed by atoms with Gasteiger partial charge in [0.05, 0.1) is 25.3 Å². The number of esters is 1. The fourth-order valence-electron chi connectivity index (χ4n) is 1.54. The van der Waals surface area contributed by atoms with Gasteiger partial charge in [0.2, 0.25) is 0 Å². The second-order valence-electron chi connectivity index (χ2n) is 3.23. The summed E-state index contributed by atoms with van der Waals surface area (Å²) in [5.41, 5.74) is 1.23. The first-order chi connectivity index (χ1) is 7.76. The first-order valence-electron chi connectivity index (χ1n) is 4.77. The standard InChI is InChI=1S/C12H11NO3/c1-15-8-3-4-11-10(7-8)9(5-6-13-11)12(14)16-2/h3-7H,1-2H3. The molecule has 2 aromatic rings. The molecule has 0 saturated carbocycles. The summed E-state index contributed by atoms with van der Waals surface area (Å²) in [6, 6.07) is 7.01. The number of carbonyl (C=O) groups is 1. The number of pyridine rings is 1. The summed E-state index contributed by atoms with van der Waals surface area (Å²) in [5.74, 6) is 0.311. The predicted molar refractivity (Wildman–Crippen MR) is 59.6 cm³/mol. The van der Waals surface area contributed by atoms with E-state index in [1.165, 1.54) is 7.11 Å². The zero-order valence-electron chi connectivity index (χ0n) is 9.06. The van der Waals surface area contributed by atoms with E-state index in [-0.39, 0.29) is 5.97 Å². The molecule has 0 N–H and O–H groups in total. The molecule has 0 spiro atoms. The molecular weight excluding hydrogens is 206 g/mol. The van der Waals surface area contributed by atoms with Crippen LogP contribution in [0.2, 0.25) is 0 Å². The summed E-state index contributed by atoms with van der Waals surface area (Å²) in [5, 5.41) is 0.730. The molecule has 2 rings (SSSR count). The van der Waals surface area contributed by atoms with E-state index in [4.69, 9.17) is 9.47 Å². The number of rotatable bonds is 2. The van der Waals surface area contributed by atoms with Crippen LogP contribution in [0.25, 0.3) is 10.9 Å². The molecule has 82 valence electrons. The molecule has 0 atom stereocenters. The van der Waals surface area contributed by atoms with E-state index < -0.39 is 0 Å². The van der Waals surface area contributed by atoms with Gasteiger partial charge in [-0.3, -0.25) is 4.98 Å². The van der Waals surface area contributed by atoms with Crippen molar-refractivity contribution in [2.45, 2.75) is 0 Å². The van der Waals surface area contributed by atoms with Crippen LogP contribution in [-0.4, -0.2) is 25.2 Å². The van der Waals surface area contributed by atoms with Gasteiger partial charge in [-0.05, 0) is 24.3 Å². The number of carbonyl (C=O) groups excluding carboxylic acids is 1. The Bertz CT molecular complexity index is 537. The maximum absolute atomic E-state index is 11.5. The van der Waals surface area contributed by atoms with E-state index in [9.17, 15) is 4.79 Å². The van der Waals surface area contributed by atoms with Gasteiger partial charge in [0.25, 0.3) is 0 Å². The minimum Gasteiger partial charge on any atom is -0.497 e. The van der Waals surface area contributed by atoms with Crippen molar-refractivity contribution in [3.8, 4) is 5.75 Å². The second kappa shape index (κ2) is 4.18. The average Bonchev–Trinajstić information content (AvgIpc) is 2.36. The van der Waals surface area contributed by atoms with Gasteiger partial charge in [0.1, 0.15) is 5.75 Å². The smallest absolute Gasteiger partial charge is 0.338 e. The molecule has 16 heavy (non-hydrogen) atoms. The third-order valence-corrected chi connectivity index (χ3v) is 2.35. The lowest BCUT2D eigenvalue weighted by Gasteiger charge is -2.05. The molecule has 0 amide bonds. The predicted octanol–water partition coefficient (Wildman–Crippen LogP) is 2.03. The first-order valence-corrected chi connectivity index (χ1v) is 4.77. The van der Waals surface area contributed by atoms with Crippen molar-refractivity contribution >= 4 is 16.9 Å². The Morgan fingerprint density at radius 2 is 2.06 bits per heavy atom. The molecule has 0 aliphatic heterocycles. The molecule has 1 aromatic carbocycles. The summed E-state index contributed by atoms with van der Waals surface area (Å²) in [6.07, 6.45) is 1.58. The van der Waals surface area contributed by atoms with E-state index in [1.807, 2.05) is 0 Å². The van der Waals surface area contributed by atoms with Crippen molar-refractivity contribution in [3.05, 3.63) is 36.0 Å². The van der Waals surface area contributed by atoms with Gasteiger partial charge in [-0.15, -0.1) is 0 Å². The van der Waals surface area contributed by atoms with Crippen LogP contribution < -0.4 is 4.74 Å². The molecular formula is C12H11NO3. The Hall–Kier alpha value is -2.10. The van der Waals surface area contributed by atoms with E-state index >= 15 is 0 Å². The summed E-state index contributed by atoms with van der Waals surface area (Å²) in [6.45, 7) is 0. The van der Waals surface area contributed by atoms with E-state index in [2.05, 4.69) is 4.98 Å². The number of hydrogen-bond acceptors (Lipinski definition) is 4. The maximum atomic E-state index is 11.5. The third-order valence-electron chi connectivity index (χ3n) is 2.35. The molecule has 0 aliphatic rings. The largest absolute Gasteiger partial charge is 0.497 e. The number of hydrogen-bond donors (Lipinski definition) is 0. The number of aromatic nitrogens is 1. The average molecular weight is 217 g/mol. The Labute approximate surface area is 92.8 Å². The summed E-state index contributed by atoms with van der Waals surface area (Å²) in [4.78, 5) is 15.7. The Kier molecular flexibility index (Phi) is 2.72. The molecule has 4 heteroatoms. The molecule has 0 fully saturated rings. The highest BCUT2D eigenvalue weighted by Crippen LogP contribution is 2.22. The maximum Gasteiger partial charge on any atom is 0.338 e. The van der Waals surface area contributed by atoms with Crippen molar-refractivity contribution in [2.24, 2.45) is 0 Å². The summed E-state index contributed by atoms with van der Waals surface area (Å²) in [7, 11) is 2.93. The third kappa shape index (κ3) is 1.69. The highest BCUT2D eigenvalue weighted by molar-refractivity contribution is 6.03. The van der Waals surface area contributed by atoms with Gasteiger partial charge >= 0.3 is 5.97 Å². The van der Waals surface area contributed by atoms with Crippen LogP contribution in [0.3, 0.4) is 0 Å². The summed E-state index contributed by atoms with van der Waals surface area (Å²) >= 11 is 0. The quantitative estimate of drug-likeness (QED) is 0.722. The van der Waals surface area contributed by atoms with Crippen molar-refractivity contribution in [3.63, 3.8) is 0 Å². The molecule has 0 unspecified atom stereocenters. The van der Waals surface area contributed by atoms with E-state index in [0.717, 1.165) is 10.9 Å². The highest BCUT2D eigenvalue weighted by atomic mass is 16.5. The Morgan fingerprint density at radius 1 is 1.25 bits per heavy atom. The summed E-state index contributed by atoms with van der Waals surface area (Å²) < 4.78 is 9.82. The van der Waals surface area contributed by atoms with Crippen LogP contribution in [0.5, 0.6) is 5.75 Å². The van der Waals surface area contributed by atoms with E-state index in [1.54, 1.807) is 37.6 Å². The molecule has 0 bridgehead atoms. The lowest BCUT2D eigenvalue weighted by Crippen LogP contribution is -2.02. The normalized spacial score (nSPS) is 10.1. The number of fused-ring (bicyclic) bond motifs is 1. The van der Waals surface area contributed by atoms with Crippen LogP contribution >= 0.6 is 0 Å². The molecule has 1 heterocycles. The molecule has 0 radical (unpaired) electrons. The van der Waals surface area contributed by atoms with Crippen LogP contribution in [0, 0.1) is 0 Å². The molecule has 4 nitrogen and oxygen atoms in total. The Balaban J connectivity index is 2.68. The van der Waals surface area contributed by atoms with E-state index in [0.29, 0.717) is 11.3 Å². The topological polar surface area (TPSA) is 48.4 Å². The van der Waals surface area contributed by atoms with Crippen molar-refractivity contribution in [1.29, 1.82) is 0 Å². The van der Waals surface area contributed by atoms with Crippen LogP contribution in [0.15, 0.2) is 30.5 Å². The molecule has 1 aromatic heterocycles. The first kappa shape index (κ1) is 10.4. The number of benzene rings is 1. The van der Waals surface area contributed by atoms with Crippen molar-refractivity contribution in [2.75, 3.05) is 14.2 Å². The number of methoxy groups -OCH3 is 2. The second-order valence-corrected chi connectivity index (χ2v) is 3.23. The van der Waals surface area contributed by atoms with Crippen molar-refractivity contribution < 1.29 is 14.3 Å². The van der Waals surface area contributed by atoms with Crippen molar-refractivity contribution in [1.82, 2.24) is 4.98 Å². The van der Waals surface area contributed by atoms with Crippen LogP contribution in [0.4, 0.5) is 0 Å². The van der Waals surface area contributed by atoms with Crippen LogP contribution in [-0.2, 0) is 4.74 Å². The van der Waals surface area contributed by atoms with Gasteiger partial charge in [-0.1, -0.05) is 0 Å². The molecule has 0 aliphatic carbocycles. The Morgan fingerprint density at radius 3 is 2.75 bits per heavy atom. The highest BCUT2D eigenvalue weighted by Gasteiger charge is 2.11. The van der Waals surface area contributed by atoms with Crippen LogP contribution in [0.1, 0.15) is 10.4 Å². The molecule has 0 saturated heterocycles. The SMILES string of the molecule is COC(=O)c1ccnc2ccc(OC)cc12. The zero-order valence-corrected chi connectivity index (χ0v) is 9.06. The number of nitrogens with zero attached hydrogens (tertiary/aromatic N) is 1. The lowest BCUT2D eigenvalue weighted by atomic mass is 10.1. The van der Waals surface area contributed by atoms with Gasteiger partial charge in [0, 0.05) is 11.6 Å². The van der Waals surface area contributed by atoms with Gasteiger partial charge in [-0.2, -0.15) is 0 Å². The lowest BCUT2D eigenvalue weighted by molar-refractivity contribution is 0.0603. The van der Waals surface area contributed by atoms with Gasteiger partial charge < -0.3 is 9.47 Å². The minimum absolute atomic E-state index is 0.374. The minimum atomic E-state index is -0.374. The monoisotopic (exact) mass is 217 g/mol. The fourth-order valence-corrected chi connectivity index (χ4v) is 1.54. The number of ether oxygens (including phenoxy) is 2.